The van der Waals surface area contributed by atoms with E-state index in [0.29, 0.717) is 5.96 Å². The molecule has 0 unspecified atom stereocenters. The van der Waals surface area contributed by atoms with E-state index < -0.39 is 0 Å². The van der Waals surface area contributed by atoms with Gasteiger partial charge in [0.05, 0.1) is 7.11 Å². The number of aryl methyl sites for hydroxylation is 1. The van der Waals surface area contributed by atoms with Gasteiger partial charge in [0, 0.05) is 13.1 Å². The van der Waals surface area contributed by atoms with E-state index in [1.165, 1.54) is 24.8 Å². The van der Waals surface area contributed by atoms with E-state index in [9.17, 15) is 0 Å². The number of hydrogen-bond acceptors (Lipinski definition) is 2. The molecule has 1 rings (SSSR count). The van der Waals surface area contributed by atoms with Crippen molar-refractivity contribution in [3.8, 4) is 5.75 Å². The summed E-state index contributed by atoms with van der Waals surface area (Å²) in [7, 11) is 1.70. The van der Waals surface area contributed by atoms with E-state index in [0.717, 1.165) is 37.2 Å². The smallest absolute Gasteiger partial charge is 0.188 e. The van der Waals surface area contributed by atoms with Crippen molar-refractivity contribution >= 4 is 29.9 Å². The molecule has 0 aliphatic rings. The monoisotopic (exact) mass is 419 g/mol. The van der Waals surface area contributed by atoms with Gasteiger partial charge < -0.3 is 15.8 Å². The third-order valence-electron chi connectivity index (χ3n) is 3.49. The molecule has 0 bridgehead atoms. The number of rotatable bonds is 9. The van der Waals surface area contributed by atoms with Gasteiger partial charge in [0.1, 0.15) is 5.75 Å². The lowest BCUT2D eigenvalue weighted by Gasteiger charge is -2.09. The highest BCUT2D eigenvalue weighted by Crippen LogP contribution is 2.18. The Hall–Kier alpha value is -0.980. The molecule has 0 amide bonds. The number of methoxy groups -OCH3 is 1. The summed E-state index contributed by atoms with van der Waals surface area (Å²) in [6.07, 6.45) is 5.78. The molecule has 0 saturated carbocycles. The van der Waals surface area contributed by atoms with Gasteiger partial charge in [-0.25, -0.2) is 0 Å². The van der Waals surface area contributed by atoms with Crippen molar-refractivity contribution in [2.75, 3.05) is 20.2 Å². The van der Waals surface area contributed by atoms with E-state index in [-0.39, 0.29) is 24.0 Å². The zero-order chi connectivity index (χ0) is 15.5. The molecule has 3 N–H and O–H groups in total. The molecule has 0 atom stereocenters. The number of hydrogen-bond donors (Lipinski definition) is 2. The van der Waals surface area contributed by atoms with Crippen LogP contribution in [0.5, 0.6) is 5.75 Å². The number of guanidine groups is 1. The fraction of sp³-hybridized carbons (Fsp3) is 0.588. The molecule has 0 aliphatic heterocycles. The van der Waals surface area contributed by atoms with Crippen LogP contribution in [0.2, 0.25) is 0 Å². The number of benzene rings is 1. The van der Waals surface area contributed by atoms with Crippen LogP contribution in [0.15, 0.2) is 23.2 Å². The lowest BCUT2D eigenvalue weighted by atomic mass is 10.1. The summed E-state index contributed by atoms with van der Waals surface area (Å²) in [5.41, 5.74) is 8.24. The Kier molecular flexibility index (Phi) is 12.0. The van der Waals surface area contributed by atoms with Crippen molar-refractivity contribution in [2.45, 2.75) is 46.0 Å². The summed E-state index contributed by atoms with van der Waals surface area (Å²) < 4.78 is 5.33. The van der Waals surface area contributed by atoms with E-state index in [4.69, 9.17) is 10.5 Å². The second-order valence-corrected chi connectivity index (χ2v) is 5.31. The predicted octanol–water partition coefficient (Wildman–Crippen LogP) is 3.65. The Bertz CT molecular complexity index is 450. The van der Waals surface area contributed by atoms with Gasteiger partial charge in [-0.1, -0.05) is 38.3 Å². The van der Waals surface area contributed by atoms with Crippen molar-refractivity contribution in [3.05, 3.63) is 29.3 Å². The minimum atomic E-state index is 0. The van der Waals surface area contributed by atoms with Crippen LogP contribution in [0.3, 0.4) is 0 Å². The summed E-state index contributed by atoms with van der Waals surface area (Å²) in [5.74, 6) is 1.48. The molecule has 5 heteroatoms. The van der Waals surface area contributed by atoms with Crippen molar-refractivity contribution in [1.29, 1.82) is 0 Å². The topological polar surface area (TPSA) is 59.6 Å². The number of aliphatic imine (C=N–C) groups is 1. The summed E-state index contributed by atoms with van der Waals surface area (Å²) in [5, 5.41) is 3.16. The number of halogens is 1. The molecular weight excluding hydrogens is 389 g/mol. The van der Waals surface area contributed by atoms with Gasteiger partial charge in [-0.2, -0.15) is 0 Å². The lowest BCUT2D eigenvalue weighted by Crippen LogP contribution is -2.33. The van der Waals surface area contributed by atoms with E-state index in [1.807, 2.05) is 6.92 Å². The molecule has 1 aromatic carbocycles. The third-order valence-corrected chi connectivity index (χ3v) is 3.49. The number of ether oxygens (including phenoxy) is 1. The quantitative estimate of drug-likeness (QED) is 0.278. The first-order chi connectivity index (χ1) is 10.2. The van der Waals surface area contributed by atoms with Crippen molar-refractivity contribution in [1.82, 2.24) is 5.32 Å². The summed E-state index contributed by atoms with van der Waals surface area (Å²) in [6, 6.07) is 6.28. The first-order valence-corrected chi connectivity index (χ1v) is 7.84. The summed E-state index contributed by atoms with van der Waals surface area (Å²) in [4.78, 5) is 4.33. The maximum Gasteiger partial charge on any atom is 0.188 e. The lowest BCUT2D eigenvalue weighted by molar-refractivity contribution is 0.411. The van der Waals surface area contributed by atoms with Gasteiger partial charge in [-0.15, -0.1) is 24.0 Å². The Labute approximate surface area is 151 Å². The molecule has 0 radical (unpaired) electrons. The van der Waals surface area contributed by atoms with E-state index in [1.54, 1.807) is 7.11 Å². The van der Waals surface area contributed by atoms with Gasteiger partial charge in [0.2, 0.25) is 0 Å². The molecule has 1 aromatic rings. The van der Waals surface area contributed by atoms with Crippen molar-refractivity contribution in [3.63, 3.8) is 0 Å². The SMILES string of the molecule is CCCCCCN=C(N)NCCc1ccc(C)c(OC)c1.I. The summed E-state index contributed by atoms with van der Waals surface area (Å²) in [6.45, 7) is 5.86. The van der Waals surface area contributed by atoms with Crippen molar-refractivity contribution < 1.29 is 4.74 Å². The number of nitrogens with zero attached hydrogens (tertiary/aromatic N) is 1. The standard InChI is InChI=1S/C17H29N3O.HI/c1-4-5-6-7-11-19-17(18)20-12-10-15-9-8-14(2)16(13-15)21-3;/h8-9,13H,4-7,10-12H2,1-3H3,(H3,18,19,20);1H. The van der Waals surface area contributed by atoms with Crippen LogP contribution >= 0.6 is 24.0 Å². The van der Waals surface area contributed by atoms with Crippen LogP contribution in [0.4, 0.5) is 0 Å². The molecule has 126 valence electrons. The minimum Gasteiger partial charge on any atom is -0.496 e. The van der Waals surface area contributed by atoms with Gasteiger partial charge in [0.15, 0.2) is 5.96 Å². The van der Waals surface area contributed by atoms with Crippen LogP contribution in [-0.2, 0) is 6.42 Å². The average Bonchev–Trinajstić information content (AvgIpc) is 2.48. The molecule has 0 aromatic heterocycles. The van der Waals surface area contributed by atoms with Gasteiger partial charge in [-0.05, 0) is 37.0 Å². The van der Waals surface area contributed by atoms with E-state index in [2.05, 4.69) is 35.4 Å². The molecule has 0 saturated heterocycles. The van der Waals surface area contributed by atoms with Gasteiger partial charge in [-0.3, -0.25) is 4.99 Å². The highest BCUT2D eigenvalue weighted by Gasteiger charge is 2.00. The normalized spacial score (nSPS) is 11.0. The van der Waals surface area contributed by atoms with Crippen LogP contribution < -0.4 is 15.8 Å². The van der Waals surface area contributed by atoms with Crippen LogP contribution in [0.25, 0.3) is 0 Å². The third kappa shape index (κ3) is 8.46. The first kappa shape index (κ1) is 21.0. The van der Waals surface area contributed by atoms with Crippen LogP contribution in [0, 0.1) is 6.92 Å². The Balaban J connectivity index is 0.00000441. The fourth-order valence-electron chi connectivity index (χ4n) is 2.15. The zero-order valence-corrected chi connectivity index (χ0v) is 16.4. The average molecular weight is 419 g/mol. The molecule has 0 fully saturated rings. The second-order valence-electron chi connectivity index (χ2n) is 5.31. The minimum absolute atomic E-state index is 0. The molecule has 0 heterocycles. The number of nitrogens with two attached hydrogens (primary N) is 1. The zero-order valence-electron chi connectivity index (χ0n) is 14.0. The predicted molar refractivity (Wildman–Crippen MR) is 105 cm³/mol. The Morgan fingerprint density at radius 1 is 1.27 bits per heavy atom. The first-order valence-electron chi connectivity index (χ1n) is 7.84. The van der Waals surface area contributed by atoms with E-state index >= 15 is 0 Å². The maximum absolute atomic E-state index is 5.85. The summed E-state index contributed by atoms with van der Waals surface area (Å²) >= 11 is 0. The van der Waals surface area contributed by atoms with Crippen molar-refractivity contribution in [2.24, 2.45) is 10.7 Å². The Morgan fingerprint density at radius 3 is 2.73 bits per heavy atom. The fourth-order valence-corrected chi connectivity index (χ4v) is 2.15. The largest absolute Gasteiger partial charge is 0.496 e. The molecule has 22 heavy (non-hydrogen) atoms. The molecule has 0 spiro atoms. The number of unbranched alkanes of at least 4 members (excludes halogenated alkanes) is 3. The number of nitrogens with one attached hydrogen (secondary N) is 1. The maximum atomic E-state index is 5.85. The van der Waals surface area contributed by atoms with Gasteiger partial charge >= 0.3 is 0 Å². The molecular formula is C17H30IN3O. The Morgan fingerprint density at radius 2 is 2.05 bits per heavy atom. The molecule has 0 aliphatic carbocycles. The molecule has 4 nitrogen and oxygen atoms in total. The highest BCUT2D eigenvalue weighted by molar-refractivity contribution is 14.0. The van der Waals surface area contributed by atoms with Gasteiger partial charge in [0.25, 0.3) is 0 Å². The highest BCUT2D eigenvalue weighted by atomic mass is 127. The van der Waals surface area contributed by atoms with Crippen LogP contribution in [0.1, 0.15) is 43.7 Å². The van der Waals surface area contributed by atoms with Crippen LogP contribution in [-0.4, -0.2) is 26.2 Å². The second kappa shape index (κ2) is 12.6.